The van der Waals surface area contributed by atoms with Crippen molar-refractivity contribution in [2.24, 2.45) is 0 Å². The van der Waals surface area contributed by atoms with Crippen molar-refractivity contribution >= 4 is 0 Å². The van der Waals surface area contributed by atoms with Gasteiger partial charge in [-0.1, -0.05) is 48.5 Å². The molecule has 3 rings (SSSR count). The van der Waals surface area contributed by atoms with E-state index < -0.39 is 17.8 Å². The van der Waals surface area contributed by atoms with Crippen LogP contribution in [-0.4, -0.2) is 24.6 Å². The lowest BCUT2D eigenvalue weighted by atomic mass is 10.0. The van der Waals surface area contributed by atoms with Crippen molar-refractivity contribution < 1.29 is 17.9 Å². The lowest BCUT2D eigenvalue weighted by Gasteiger charge is -2.34. The van der Waals surface area contributed by atoms with Crippen LogP contribution in [0.15, 0.2) is 54.6 Å². The molecule has 0 aliphatic carbocycles. The van der Waals surface area contributed by atoms with E-state index in [4.69, 9.17) is 4.74 Å². The van der Waals surface area contributed by atoms with Crippen LogP contribution in [0.5, 0.6) is 0 Å². The van der Waals surface area contributed by atoms with E-state index in [0.717, 1.165) is 24.7 Å². The molecule has 122 valence electrons. The standard InChI is InChI=1S/C18H18F3NO/c19-18(20,21)16-9-5-4-8-15(16)17-13-22(10-11-23-17)12-14-6-2-1-3-7-14/h1-9,17H,10-13H2. The molecule has 0 bridgehead atoms. The van der Waals surface area contributed by atoms with Gasteiger partial charge in [0.15, 0.2) is 0 Å². The fourth-order valence-corrected chi connectivity index (χ4v) is 2.91. The Bertz CT molecular complexity index is 642. The van der Waals surface area contributed by atoms with Crippen LogP contribution >= 0.6 is 0 Å². The highest BCUT2D eigenvalue weighted by molar-refractivity contribution is 5.32. The fourth-order valence-electron chi connectivity index (χ4n) is 2.91. The highest BCUT2D eigenvalue weighted by Gasteiger charge is 2.36. The molecule has 1 atom stereocenters. The summed E-state index contributed by atoms with van der Waals surface area (Å²) in [5, 5.41) is 0. The summed E-state index contributed by atoms with van der Waals surface area (Å²) in [6.07, 6.45) is -4.91. The van der Waals surface area contributed by atoms with E-state index in [9.17, 15) is 13.2 Å². The molecule has 1 unspecified atom stereocenters. The molecule has 0 N–H and O–H groups in total. The van der Waals surface area contributed by atoms with Crippen LogP contribution in [-0.2, 0) is 17.5 Å². The van der Waals surface area contributed by atoms with Crippen LogP contribution in [0.4, 0.5) is 13.2 Å². The first-order chi connectivity index (χ1) is 11.0. The maximum atomic E-state index is 13.2. The van der Waals surface area contributed by atoms with Crippen LogP contribution in [0.2, 0.25) is 0 Å². The molecule has 1 heterocycles. The first-order valence-electron chi connectivity index (χ1n) is 7.58. The first-order valence-corrected chi connectivity index (χ1v) is 7.58. The minimum absolute atomic E-state index is 0.220. The van der Waals surface area contributed by atoms with E-state index in [1.54, 1.807) is 6.07 Å². The van der Waals surface area contributed by atoms with Crippen molar-refractivity contribution in [1.29, 1.82) is 0 Å². The lowest BCUT2D eigenvalue weighted by molar-refractivity contribution is -0.140. The summed E-state index contributed by atoms with van der Waals surface area (Å²) >= 11 is 0. The molecule has 1 fully saturated rings. The molecule has 1 aliphatic rings. The van der Waals surface area contributed by atoms with Gasteiger partial charge < -0.3 is 4.74 Å². The smallest absolute Gasteiger partial charge is 0.371 e. The van der Waals surface area contributed by atoms with Gasteiger partial charge in [0.1, 0.15) is 0 Å². The van der Waals surface area contributed by atoms with Crippen molar-refractivity contribution in [1.82, 2.24) is 4.90 Å². The van der Waals surface area contributed by atoms with Gasteiger partial charge in [-0.25, -0.2) is 0 Å². The zero-order valence-electron chi connectivity index (χ0n) is 12.6. The lowest BCUT2D eigenvalue weighted by Crippen LogP contribution is -2.38. The predicted octanol–water partition coefficient (Wildman–Crippen LogP) is 4.28. The molecule has 1 saturated heterocycles. The molecule has 0 spiro atoms. The zero-order valence-corrected chi connectivity index (χ0v) is 12.6. The number of ether oxygens (including phenoxy) is 1. The van der Waals surface area contributed by atoms with Crippen LogP contribution < -0.4 is 0 Å². The molecular weight excluding hydrogens is 303 g/mol. The van der Waals surface area contributed by atoms with Gasteiger partial charge in [-0.15, -0.1) is 0 Å². The minimum Gasteiger partial charge on any atom is -0.371 e. The maximum Gasteiger partial charge on any atom is 0.416 e. The Morgan fingerprint density at radius 3 is 2.43 bits per heavy atom. The molecule has 0 aromatic heterocycles. The van der Waals surface area contributed by atoms with Gasteiger partial charge >= 0.3 is 6.18 Å². The molecule has 2 aromatic carbocycles. The zero-order chi connectivity index (χ0) is 16.3. The number of alkyl halides is 3. The summed E-state index contributed by atoms with van der Waals surface area (Å²) < 4.78 is 45.2. The van der Waals surface area contributed by atoms with Crippen LogP contribution in [0.1, 0.15) is 22.8 Å². The normalized spacial score (nSPS) is 19.7. The predicted molar refractivity (Wildman–Crippen MR) is 81.9 cm³/mol. The van der Waals surface area contributed by atoms with E-state index in [2.05, 4.69) is 4.90 Å². The quantitative estimate of drug-likeness (QED) is 0.837. The van der Waals surface area contributed by atoms with Crippen LogP contribution in [0.3, 0.4) is 0 Å². The van der Waals surface area contributed by atoms with E-state index in [0.29, 0.717) is 13.2 Å². The van der Waals surface area contributed by atoms with Crippen molar-refractivity contribution in [2.75, 3.05) is 19.7 Å². The Kier molecular flexibility index (Phi) is 4.68. The Morgan fingerprint density at radius 2 is 1.70 bits per heavy atom. The summed E-state index contributed by atoms with van der Waals surface area (Å²) in [4.78, 5) is 2.14. The van der Waals surface area contributed by atoms with Gasteiger partial charge in [0.05, 0.1) is 18.3 Å². The average Bonchev–Trinajstić information content (AvgIpc) is 2.55. The van der Waals surface area contributed by atoms with E-state index in [1.807, 2.05) is 30.3 Å². The van der Waals surface area contributed by atoms with E-state index >= 15 is 0 Å². The number of halogens is 3. The molecular formula is C18H18F3NO. The molecule has 2 nitrogen and oxygen atoms in total. The van der Waals surface area contributed by atoms with Crippen LogP contribution in [0.25, 0.3) is 0 Å². The van der Waals surface area contributed by atoms with Gasteiger partial charge in [-0.2, -0.15) is 13.2 Å². The Morgan fingerprint density at radius 1 is 1.00 bits per heavy atom. The highest BCUT2D eigenvalue weighted by Crippen LogP contribution is 2.36. The summed E-state index contributed by atoms with van der Waals surface area (Å²) in [5.41, 5.74) is 0.765. The van der Waals surface area contributed by atoms with Crippen molar-refractivity contribution in [2.45, 2.75) is 18.8 Å². The van der Waals surface area contributed by atoms with Gasteiger partial charge in [0, 0.05) is 19.6 Å². The summed E-state index contributed by atoms with van der Waals surface area (Å²) in [6, 6.07) is 15.6. The second kappa shape index (κ2) is 6.72. The third-order valence-electron chi connectivity index (χ3n) is 4.01. The third kappa shape index (κ3) is 3.92. The minimum atomic E-state index is -4.36. The van der Waals surface area contributed by atoms with Crippen molar-refractivity contribution in [3.05, 3.63) is 71.3 Å². The summed E-state index contributed by atoms with van der Waals surface area (Å²) in [5.74, 6) is 0. The number of nitrogens with zero attached hydrogens (tertiary/aromatic N) is 1. The second-order valence-corrected chi connectivity index (χ2v) is 5.67. The maximum absolute atomic E-state index is 13.2. The SMILES string of the molecule is FC(F)(F)c1ccccc1C1CN(Cc2ccccc2)CCO1. The topological polar surface area (TPSA) is 12.5 Å². The Hall–Kier alpha value is -1.85. The highest BCUT2D eigenvalue weighted by atomic mass is 19.4. The van der Waals surface area contributed by atoms with Gasteiger partial charge in [-0.3, -0.25) is 4.90 Å². The Labute approximate surface area is 133 Å². The van der Waals surface area contributed by atoms with Crippen LogP contribution in [0, 0.1) is 0 Å². The van der Waals surface area contributed by atoms with Gasteiger partial charge in [0.2, 0.25) is 0 Å². The van der Waals surface area contributed by atoms with Gasteiger partial charge in [0.25, 0.3) is 0 Å². The second-order valence-electron chi connectivity index (χ2n) is 5.67. The molecule has 0 saturated carbocycles. The number of morpholine rings is 1. The monoisotopic (exact) mass is 321 g/mol. The molecule has 0 radical (unpaired) electrons. The fraction of sp³-hybridized carbons (Fsp3) is 0.333. The van der Waals surface area contributed by atoms with Crippen molar-refractivity contribution in [3.8, 4) is 0 Å². The Balaban J connectivity index is 1.77. The molecule has 2 aromatic rings. The number of hydrogen-bond acceptors (Lipinski definition) is 2. The molecule has 1 aliphatic heterocycles. The van der Waals surface area contributed by atoms with E-state index in [1.165, 1.54) is 12.1 Å². The molecule has 0 amide bonds. The number of benzene rings is 2. The van der Waals surface area contributed by atoms with E-state index in [-0.39, 0.29) is 5.56 Å². The molecule has 23 heavy (non-hydrogen) atoms. The number of rotatable bonds is 3. The average molecular weight is 321 g/mol. The third-order valence-corrected chi connectivity index (χ3v) is 4.01. The first kappa shape index (κ1) is 16.0. The number of hydrogen-bond donors (Lipinski definition) is 0. The largest absolute Gasteiger partial charge is 0.416 e. The summed E-state index contributed by atoms with van der Waals surface area (Å²) in [6.45, 7) is 2.33. The molecule has 5 heteroatoms. The van der Waals surface area contributed by atoms with Crippen molar-refractivity contribution in [3.63, 3.8) is 0 Å². The summed E-state index contributed by atoms with van der Waals surface area (Å²) in [7, 11) is 0. The van der Waals surface area contributed by atoms with Gasteiger partial charge in [-0.05, 0) is 17.2 Å².